The molecule has 0 bridgehead atoms. The van der Waals surface area contributed by atoms with Gasteiger partial charge in [-0.15, -0.1) is 0 Å². The third-order valence-corrected chi connectivity index (χ3v) is 4.35. The highest BCUT2D eigenvalue weighted by Crippen LogP contribution is 2.26. The number of hydrogen-bond donors (Lipinski definition) is 1. The quantitative estimate of drug-likeness (QED) is 0.855. The van der Waals surface area contributed by atoms with Gasteiger partial charge in [-0.25, -0.2) is 4.39 Å². The summed E-state index contributed by atoms with van der Waals surface area (Å²) in [7, 11) is 0. The van der Waals surface area contributed by atoms with Gasteiger partial charge < -0.3 is 10.6 Å². The van der Waals surface area contributed by atoms with Crippen LogP contribution >= 0.6 is 12.2 Å². The average Bonchev–Trinajstić information content (AvgIpc) is 2.64. The van der Waals surface area contributed by atoms with Gasteiger partial charge in [0.25, 0.3) is 0 Å². The van der Waals surface area contributed by atoms with Crippen LogP contribution in [0.2, 0.25) is 0 Å². The van der Waals surface area contributed by atoms with Crippen LogP contribution in [-0.4, -0.2) is 18.1 Å². The van der Waals surface area contributed by atoms with Gasteiger partial charge in [0.15, 0.2) is 0 Å². The minimum absolute atomic E-state index is 0.118. The topological polar surface area (TPSA) is 29.3 Å². The van der Waals surface area contributed by atoms with E-state index in [1.54, 1.807) is 12.1 Å². The predicted molar refractivity (Wildman–Crippen MR) is 86.7 cm³/mol. The molecule has 20 heavy (non-hydrogen) atoms. The highest BCUT2D eigenvalue weighted by Gasteiger charge is 2.17. The third-order valence-electron chi connectivity index (χ3n) is 4.13. The molecule has 1 aromatic rings. The van der Waals surface area contributed by atoms with Gasteiger partial charge in [0.05, 0.1) is 0 Å². The Balaban J connectivity index is 2.08. The Morgan fingerprint density at radius 1 is 1.40 bits per heavy atom. The van der Waals surface area contributed by atoms with Crippen molar-refractivity contribution in [3.05, 3.63) is 29.6 Å². The number of nitrogens with two attached hydrogens (primary N) is 1. The van der Waals surface area contributed by atoms with Crippen molar-refractivity contribution < 1.29 is 4.39 Å². The fourth-order valence-electron chi connectivity index (χ4n) is 3.02. The second kappa shape index (κ2) is 7.02. The summed E-state index contributed by atoms with van der Waals surface area (Å²) >= 11 is 4.84. The largest absolute Gasteiger partial charge is 0.389 e. The molecule has 0 amide bonds. The standard InChI is InChI=1S/C16H23FN2S/c1-2-4-12-5-3-9-19(10-8-12)13-6-7-14(16(18)20)15(17)11-13/h6-7,11-12H,2-5,8-10H2,1H3,(H2,18,20). The lowest BCUT2D eigenvalue weighted by atomic mass is 9.96. The minimum atomic E-state index is -0.315. The molecule has 110 valence electrons. The molecule has 0 aromatic heterocycles. The Bertz CT molecular complexity index is 476. The molecule has 1 heterocycles. The number of hydrogen-bond acceptors (Lipinski definition) is 2. The summed E-state index contributed by atoms with van der Waals surface area (Å²) in [6.45, 7) is 4.26. The van der Waals surface area contributed by atoms with E-state index >= 15 is 0 Å². The molecule has 1 aliphatic heterocycles. The van der Waals surface area contributed by atoms with E-state index in [0.717, 1.165) is 24.7 Å². The fraction of sp³-hybridized carbons (Fsp3) is 0.562. The zero-order valence-electron chi connectivity index (χ0n) is 12.1. The van der Waals surface area contributed by atoms with Crippen molar-refractivity contribution in [1.82, 2.24) is 0 Å². The van der Waals surface area contributed by atoms with Crippen molar-refractivity contribution in [3.63, 3.8) is 0 Å². The second-order valence-corrected chi connectivity index (χ2v) is 6.04. The van der Waals surface area contributed by atoms with Gasteiger partial charge >= 0.3 is 0 Å². The number of thiocarbonyl (C=S) groups is 1. The second-order valence-electron chi connectivity index (χ2n) is 5.60. The van der Waals surface area contributed by atoms with Crippen LogP contribution < -0.4 is 10.6 Å². The number of rotatable bonds is 4. The first-order valence-corrected chi connectivity index (χ1v) is 7.87. The van der Waals surface area contributed by atoms with E-state index in [-0.39, 0.29) is 10.8 Å². The molecule has 1 fully saturated rings. The molecule has 1 aliphatic rings. The lowest BCUT2D eigenvalue weighted by Crippen LogP contribution is -2.24. The molecular formula is C16H23FN2S. The Morgan fingerprint density at radius 3 is 2.85 bits per heavy atom. The van der Waals surface area contributed by atoms with Crippen molar-refractivity contribution >= 4 is 22.9 Å². The van der Waals surface area contributed by atoms with E-state index in [4.69, 9.17) is 18.0 Å². The molecule has 1 unspecified atom stereocenters. The number of benzene rings is 1. The lowest BCUT2D eigenvalue weighted by Gasteiger charge is -2.23. The number of nitrogens with zero attached hydrogens (tertiary/aromatic N) is 1. The fourth-order valence-corrected chi connectivity index (χ4v) is 3.19. The maximum Gasteiger partial charge on any atom is 0.135 e. The van der Waals surface area contributed by atoms with Gasteiger partial charge in [-0.05, 0) is 43.4 Å². The Hall–Kier alpha value is -1.16. The first-order chi connectivity index (χ1) is 9.61. The van der Waals surface area contributed by atoms with Crippen molar-refractivity contribution in [2.45, 2.75) is 39.0 Å². The molecule has 0 spiro atoms. The van der Waals surface area contributed by atoms with E-state index in [1.165, 1.54) is 32.1 Å². The summed E-state index contributed by atoms with van der Waals surface area (Å²) in [6.07, 6.45) is 6.23. The van der Waals surface area contributed by atoms with Crippen molar-refractivity contribution in [2.75, 3.05) is 18.0 Å². The molecule has 4 heteroatoms. The van der Waals surface area contributed by atoms with Crippen LogP contribution in [0, 0.1) is 11.7 Å². The van der Waals surface area contributed by atoms with Crippen LogP contribution in [0.5, 0.6) is 0 Å². The molecule has 1 saturated heterocycles. The molecule has 0 radical (unpaired) electrons. The van der Waals surface area contributed by atoms with Gasteiger partial charge in [-0.1, -0.05) is 32.0 Å². The van der Waals surface area contributed by atoms with E-state index in [1.807, 2.05) is 6.07 Å². The summed E-state index contributed by atoms with van der Waals surface area (Å²) in [5, 5.41) is 0. The highest BCUT2D eigenvalue weighted by molar-refractivity contribution is 7.80. The SMILES string of the molecule is CCCC1CCCN(c2ccc(C(N)=S)c(F)c2)CC1. The Labute approximate surface area is 126 Å². The molecular weight excluding hydrogens is 271 g/mol. The van der Waals surface area contributed by atoms with Crippen LogP contribution in [0.1, 0.15) is 44.6 Å². The van der Waals surface area contributed by atoms with Crippen LogP contribution in [0.25, 0.3) is 0 Å². The van der Waals surface area contributed by atoms with Crippen LogP contribution in [0.4, 0.5) is 10.1 Å². The molecule has 1 aromatic carbocycles. The van der Waals surface area contributed by atoms with Crippen molar-refractivity contribution in [3.8, 4) is 0 Å². The van der Waals surface area contributed by atoms with E-state index < -0.39 is 0 Å². The summed E-state index contributed by atoms with van der Waals surface area (Å²) in [5.41, 5.74) is 6.78. The van der Waals surface area contributed by atoms with E-state index in [0.29, 0.717) is 5.56 Å². The lowest BCUT2D eigenvalue weighted by molar-refractivity contribution is 0.435. The monoisotopic (exact) mass is 294 g/mol. The molecule has 1 atom stereocenters. The maximum atomic E-state index is 14.0. The smallest absolute Gasteiger partial charge is 0.135 e. The minimum Gasteiger partial charge on any atom is -0.389 e. The predicted octanol–water partition coefficient (Wildman–Crippen LogP) is 3.87. The number of halogens is 1. The Kier molecular flexibility index (Phi) is 5.35. The first-order valence-electron chi connectivity index (χ1n) is 7.46. The van der Waals surface area contributed by atoms with Gasteiger partial charge in [0.1, 0.15) is 10.8 Å². The highest BCUT2D eigenvalue weighted by atomic mass is 32.1. The Morgan fingerprint density at radius 2 is 2.20 bits per heavy atom. The summed E-state index contributed by atoms with van der Waals surface area (Å²) < 4.78 is 14.0. The van der Waals surface area contributed by atoms with Gasteiger partial charge in [0.2, 0.25) is 0 Å². The average molecular weight is 294 g/mol. The van der Waals surface area contributed by atoms with Crippen molar-refractivity contribution in [2.24, 2.45) is 11.7 Å². The van der Waals surface area contributed by atoms with Gasteiger partial charge in [-0.3, -0.25) is 0 Å². The van der Waals surface area contributed by atoms with Gasteiger partial charge in [0, 0.05) is 24.3 Å². The van der Waals surface area contributed by atoms with Crippen molar-refractivity contribution in [1.29, 1.82) is 0 Å². The zero-order valence-corrected chi connectivity index (χ0v) is 12.9. The van der Waals surface area contributed by atoms with Crippen LogP contribution in [-0.2, 0) is 0 Å². The molecule has 2 nitrogen and oxygen atoms in total. The third kappa shape index (κ3) is 3.69. The number of anilines is 1. The zero-order chi connectivity index (χ0) is 14.5. The van der Waals surface area contributed by atoms with E-state index in [9.17, 15) is 4.39 Å². The summed E-state index contributed by atoms with van der Waals surface area (Å²) in [4.78, 5) is 2.40. The van der Waals surface area contributed by atoms with Crippen LogP contribution in [0.15, 0.2) is 18.2 Å². The normalized spacial score (nSPS) is 19.7. The molecule has 2 N–H and O–H groups in total. The summed E-state index contributed by atoms with van der Waals surface area (Å²) in [6, 6.07) is 5.19. The maximum absolute atomic E-state index is 14.0. The molecule has 0 saturated carbocycles. The molecule has 0 aliphatic carbocycles. The first kappa shape index (κ1) is 15.2. The molecule has 2 rings (SSSR count). The van der Waals surface area contributed by atoms with Crippen LogP contribution in [0.3, 0.4) is 0 Å². The van der Waals surface area contributed by atoms with E-state index in [2.05, 4.69) is 11.8 Å². The summed E-state index contributed by atoms with van der Waals surface area (Å²) in [5.74, 6) is 0.509. The van der Waals surface area contributed by atoms with Gasteiger partial charge in [-0.2, -0.15) is 0 Å².